The highest BCUT2D eigenvalue weighted by molar-refractivity contribution is 5.49. The highest BCUT2D eigenvalue weighted by atomic mass is 16.5. The molecule has 0 aliphatic carbocycles. The van der Waals surface area contributed by atoms with Gasteiger partial charge in [0.05, 0.1) is 0 Å². The molecule has 0 atom stereocenters. The molecule has 0 saturated heterocycles. The molecule has 3 heteroatoms. The largest absolute Gasteiger partial charge is 0.438 e. The second kappa shape index (κ2) is 4.37. The molecular weight excluding hydrogens is 188 g/mol. The van der Waals surface area contributed by atoms with E-state index in [9.17, 15) is 0 Å². The van der Waals surface area contributed by atoms with Crippen LogP contribution in [0.3, 0.4) is 0 Å². The minimum Gasteiger partial charge on any atom is -0.438 e. The molecule has 1 aromatic heterocycles. The van der Waals surface area contributed by atoms with Crippen molar-refractivity contribution in [3.05, 3.63) is 54.7 Å². The Bertz CT molecular complexity index is 454. The van der Waals surface area contributed by atoms with Crippen LogP contribution in [0.5, 0.6) is 11.6 Å². The van der Waals surface area contributed by atoms with Gasteiger partial charge in [0, 0.05) is 12.3 Å². The van der Waals surface area contributed by atoms with Gasteiger partial charge in [-0.25, -0.2) is 0 Å². The van der Waals surface area contributed by atoms with Crippen molar-refractivity contribution < 1.29 is 4.74 Å². The topological polar surface area (TPSA) is 35.0 Å². The summed E-state index contributed by atoms with van der Waals surface area (Å²) in [5, 5.41) is 7.56. The Morgan fingerprint density at radius 3 is 2.87 bits per heavy atom. The van der Waals surface area contributed by atoms with Gasteiger partial charge in [-0.15, -0.1) is 5.10 Å². The number of aromatic nitrogens is 2. The zero-order chi connectivity index (χ0) is 10.5. The maximum atomic E-state index is 5.50. The van der Waals surface area contributed by atoms with Crippen LogP contribution in [0.2, 0.25) is 0 Å². The number of benzene rings is 1. The van der Waals surface area contributed by atoms with Crippen molar-refractivity contribution in [2.45, 2.75) is 0 Å². The molecule has 0 aliphatic rings. The second-order valence-corrected chi connectivity index (χ2v) is 2.94. The van der Waals surface area contributed by atoms with Crippen LogP contribution in [-0.2, 0) is 0 Å². The second-order valence-electron chi connectivity index (χ2n) is 2.94. The molecule has 0 radical (unpaired) electrons. The van der Waals surface area contributed by atoms with Crippen molar-refractivity contribution in [2.75, 3.05) is 0 Å². The minimum absolute atomic E-state index is 0.485. The lowest BCUT2D eigenvalue weighted by atomic mass is 10.2. The van der Waals surface area contributed by atoms with Gasteiger partial charge in [-0.3, -0.25) is 0 Å². The maximum absolute atomic E-state index is 5.50. The van der Waals surface area contributed by atoms with Crippen molar-refractivity contribution in [1.29, 1.82) is 0 Å². The van der Waals surface area contributed by atoms with Crippen molar-refractivity contribution in [1.82, 2.24) is 10.2 Å². The third kappa shape index (κ3) is 2.40. The number of hydrogen-bond donors (Lipinski definition) is 0. The first-order valence-electron chi connectivity index (χ1n) is 4.56. The van der Waals surface area contributed by atoms with Crippen LogP contribution in [0, 0.1) is 0 Å². The van der Waals surface area contributed by atoms with E-state index in [4.69, 9.17) is 4.74 Å². The first-order valence-corrected chi connectivity index (χ1v) is 4.56. The average Bonchev–Trinajstić information content (AvgIpc) is 2.31. The third-order valence-corrected chi connectivity index (χ3v) is 1.86. The lowest BCUT2D eigenvalue weighted by molar-refractivity contribution is 0.455. The Morgan fingerprint density at radius 1 is 1.20 bits per heavy atom. The molecule has 15 heavy (non-hydrogen) atoms. The van der Waals surface area contributed by atoms with E-state index in [0.717, 1.165) is 11.3 Å². The first-order chi connectivity index (χ1) is 7.38. The molecule has 3 nitrogen and oxygen atoms in total. The third-order valence-electron chi connectivity index (χ3n) is 1.86. The van der Waals surface area contributed by atoms with Gasteiger partial charge in [-0.05, 0) is 23.8 Å². The molecule has 0 amide bonds. The Kier molecular flexibility index (Phi) is 2.74. The molecule has 0 unspecified atom stereocenters. The molecule has 0 aliphatic heterocycles. The van der Waals surface area contributed by atoms with Gasteiger partial charge in [-0.1, -0.05) is 24.8 Å². The van der Waals surface area contributed by atoms with E-state index in [1.807, 2.05) is 24.3 Å². The Morgan fingerprint density at radius 2 is 2.13 bits per heavy atom. The average molecular weight is 198 g/mol. The summed E-state index contributed by atoms with van der Waals surface area (Å²) in [6.07, 6.45) is 3.37. The summed E-state index contributed by atoms with van der Waals surface area (Å²) in [5.74, 6) is 1.21. The van der Waals surface area contributed by atoms with Gasteiger partial charge in [0.25, 0.3) is 0 Å². The predicted molar refractivity (Wildman–Crippen MR) is 58.6 cm³/mol. The van der Waals surface area contributed by atoms with Crippen LogP contribution in [0.15, 0.2) is 49.2 Å². The molecule has 74 valence electrons. The predicted octanol–water partition coefficient (Wildman–Crippen LogP) is 2.91. The molecule has 0 saturated carbocycles. The fourth-order valence-corrected chi connectivity index (χ4v) is 1.17. The zero-order valence-electron chi connectivity index (χ0n) is 8.13. The van der Waals surface area contributed by atoms with Crippen molar-refractivity contribution in [2.24, 2.45) is 0 Å². The molecular formula is C12H10N2O. The lowest BCUT2D eigenvalue weighted by Gasteiger charge is -2.03. The summed E-state index contributed by atoms with van der Waals surface area (Å²) in [5.41, 5.74) is 1.01. The van der Waals surface area contributed by atoms with Gasteiger partial charge >= 0.3 is 0 Å². The van der Waals surface area contributed by atoms with Crippen molar-refractivity contribution in [3.8, 4) is 11.6 Å². The fraction of sp³-hybridized carbons (Fsp3) is 0. The van der Waals surface area contributed by atoms with Crippen LogP contribution in [0.1, 0.15) is 5.56 Å². The number of nitrogens with zero attached hydrogens (tertiary/aromatic N) is 2. The fourth-order valence-electron chi connectivity index (χ4n) is 1.17. The van der Waals surface area contributed by atoms with Crippen LogP contribution in [0.4, 0.5) is 0 Å². The monoisotopic (exact) mass is 198 g/mol. The summed E-state index contributed by atoms with van der Waals surface area (Å²) in [6, 6.07) is 11.1. The van der Waals surface area contributed by atoms with E-state index >= 15 is 0 Å². The maximum Gasteiger partial charge on any atom is 0.238 e. The van der Waals surface area contributed by atoms with Gasteiger partial charge < -0.3 is 4.74 Å². The molecule has 0 N–H and O–H groups in total. The van der Waals surface area contributed by atoms with Gasteiger partial charge in [-0.2, -0.15) is 5.10 Å². The lowest BCUT2D eigenvalue weighted by Crippen LogP contribution is -1.89. The Hall–Kier alpha value is -2.16. The molecule has 2 rings (SSSR count). The normalized spacial score (nSPS) is 9.60. The summed E-state index contributed by atoms with van der Waals surface area (Å²) in [4.78, 5) is 0. The SMILES string of the molecule is C=Cc1cccc(Oc2cccnn2)c1. The summed E-state index contributed by atoms with van der Waals surface area (Å²) in [6.45, 7) is 3.70. The molecule has 1 heterocycles. The molecule has 0 spiro atoms. The number of ether oxygens (including phenoxy) is 1. The van der Waals surface area contributed by atoms with E-state index in [-0.39, 0.29) is 0 Å². The summed E-state index contributed by atoms with van der Waals surface area (Å²) in [7, 11) is 0. The van der Waals surface area contributed by atoms with Crippen LogP contribution >= 0.6 is 0 Å². The Labute approximate surface area is 88.1 Å². The van der Waals surface area contributed by atoms with E-state index in [2.05, 4.69) is 16.8 Å². The first kappa shape index (κ1) is 9.40. The van der Waals surface area contributed by atoms with E-state index in [0.29, 0.717) is 5.88 Å². The van der Waals surface area contributed by atoms with E-state index in [1.165, 1.54) is 0 Å². The van der Waals surface area contributed by atoms with Crippen molar-refractivity contribution in [3.63, 3.8) is 0 Å². The van der Waals surface area contributed by atoms with Crippen LogP contribution < -0.4 is 4.74 Å². The summed E-state index contributed by atoms with van der Waals surface area (Å²) < 4.78 is 5.50. The molecule has 0 fully saturated rings. The van der Waals surface area contributed by atoms with Gasteiger partial charge in [0.15, 0.2) is 0 Å². The quantitative estimate of drug-likeness (QED) is 0.760. The van der Waals surface area contributed by atoms with Crippen LogP contribution in [0.25, 0.3) is 6.08 Å². The van der Waals surface area contributed by atoms with Gasteiger partial charge in [0.2, 0.25) is 5.88 Å². The number of hydrogen-bond acceptors (Lipinski definition) is 3. The Balaban J connectivity index is 2.21. The summed E-state index contributed by atoms with van der Waals surface area (Å²) >= 11 is 0. The highest BCUT2D eigenvalue weighted by Gasteiger charge is 1.97. The zero-order valence-corrected chi connectivity index (χ0v) is 8.13. The molecule has 2 aromatic rings. The van der Waals surface area contributed by atoms with Gasteiger partial charge in [0.1, 0.15) is 5.75 Å². The smallest absolute Gasteiger partial charge is 0.238 e. The van der Waals surface area contributed by atoms with Crippen LogP contribution in [-0.4, -0.2) is 10.2 Å². The van der Waals surface area contributed by atoms with Crippen molar-refractivity contribution >= 4 is 6.08 Å². The van der Waals surface area contributed by atoms with E-state index < -0.39 is 0 Å². The standard InChI is InChI=1S/C12H10N2O/c1-2-10-5-3-6-11(9-10)15-12-7-4-8-13-14-12/h2-9H,1H2. The van der Waals surface area contributed by atoms with E-state index in [1.54, 1.807) is 24.4 Å². The molecule has 1 aromatic carbocycles. The number of rotatable bonds is 3. The highest BCUT2D eigenvalue weighted by Crippen LogP contribution is 2.19. The minimum atomic E-state index is 0.485. The molecule has 0 bridgehead atoms.